The molecule has 7 heteroatoms. The number of aromatic nitrogens is 1. The van der Waals surface area contributed by atoms with Gasteiger partial charge in [0, 0.05) is 29.9 Å². The topological polar surface area (TPSA) is 45.2 Å². The SMILES string of the molecule is O=C(c1ccc(Nc2ccc(Cl)cc2)nc1)N1CCCC(F)(F)C1. The third kappa shape index (κ3) is 4.00. The lowest BCUT2D eigenvalue weighted by molar-refractivity contribution is -0.0560. The molecule has 1 aliphatic rings. The van der Waals surface area contributed by atoms with Gasteiger partial charge in [0.2, 0.25) is 0 Å². The van der Waals surface area contributed by atoms with Crippen LogP contribution in [0.25, 0.3) is 0 Å². The van der Waals surface area contributed by atoms with Crippen molar-refractivity contribution in [3.63, 3.8) is 0 Å². The molecule has 4 nitrogen and oxygen atoms in total. The van der Waals surface area contributed by atoms with E-state index < -0.39 is 18.4 Å². The molecule has 0 radical (unpaired) electrons. The number of carbonyl (C=O) groups excluding carboxylic acids is 1. The number of anilines is 2. The summed E-state index contributed by atoms with van der Waals surface area (Å²) in [6.07, 6.45) is 1.54. The van der Waals surface area contributed by atoms with Crippen LogP contribution in [0.2, 0.25) is 5.02 Å². The van der Waals surface area contributed by atoms with E-state index in [1.807, 2.05) is 0 Å². The molecule has 0 atom stereocenters. The molecule has 1 aromatic carbocycles. The van der Waals surface area contributed by atoms with Crippen LogP contribution in [0.5, 0.6) is 0 Å². The lowest BCUT2D eigenvalue weighted by Crippen LogP contribution is -2.45. The molecule has 2 heterocycles. The van der Waals surface area contributed by atoms with Gasteiger partial charge in [0.25, 0.3) is 11.8 Å². The van der Waals surface area contributed by atoms with Crippen molar-refractivity contribution in [1.29, 1.82) is 0 Å². The second kappa shape index (κ2) is 6.73. The van der Waals surface area contributed by atoms with E-state index in [4.69, 9.17) is 11.6 Å². The quantitative estimate of drug-likeness (QED) is 0.894. The predicted octanol–water partition coefficient (Wildman–Crippen LogP) is 4.35. The van der Waals surface area contributed by atoms with Gasteiger partial charge >= 0.3 is 0 Å². The number of piperidine rings is 1. The van der Waals surface area contributed by atoms with E-state index in [1.165, 1.54) is 11.1 Å². The molecule has 0 bridgehead atoms. The van der Waals surface area contributed by atoms with E-state index in [9.17, 15) is 13.6 Å². The smallest absolute Gasteiger partial charge is 0.265 e. The van der Waals surface area contributed by atoms with Crippen molar-refractivity contribution in [2.24, 2.45) is 0 Å². The van der Waals surface area contributed by atoms with Gasteiger partial charge in [-0.25, -0.2) is 13.8 Å². The number of nitrogens with one attached hydrogen (secondary N) is 1. The number of carbonyl (C=O) groups is 1. The zero-order valence-electron chi connectivity index (χ0n) is 12.8. The van der Waals surface area contributed by atoms with Crippen molar-refractivity contribution < 1.29 is 13.6 Å². The molecule has 1 saturated heterocycles. The Kier molecular flexibility index (Phi) is 4.66. The molecule has 126 valence electrons. The highest BCUT2D eigenvalue weighted by Crippen LogP contribution is 2.27. The van der Waals surface area contributed by atoms with Gasteiger partial charge in [-0.05, 0) is 42.8 Å². The molecule has 1 aromatic heterocycles. The van der Waals surface area contributed by atoms with Crippen LogP contribution in [0.4, 0.5) is 20.3 Å². The fourth-order valence-electron chi connectivity index (χ4n) is 2.60. The van der Waals surface area contributed by atoms with Gasteiger partial charge in [0.15, 0.2) is 0 Å². The Labute approximate surface area is 143 Å². The van der Waals surface area contributed by atoms with E-state index in [1.54, 1.807) is 36.4 Å². The summed E-state index contributed by atoms with van der Waals surface area (Å²) in [7, 11) is 0. The molecule has 0 spiro atoms. The molecule has 0 unspecified atom stereocenters. The molecule has 1 aliphatic heterocycles. The number of amides is 1. The fraction of sp³-hybridized carbons (Fsp3) is 0.294. The largest absolute Gasteiger partial charge is 0.340 e. The second-order valence-corrected chi connectivity index (χ2v) is 6.19. The van der Waals surface area contributed by atoms with Crippen LogP contribution in [0.15, 0.2) is 42.6 Å². The second-order valence-electron chi connectivity index (χ2n) is 5.75. The summed E-state index contributed by atoms with van der Waals surface area (Å²) < 4.78 is 26.9. The maximum atomic E-state index is 13.4. The van der Waals surface area contributed by atoms with Crippen molar-refractivity contribution in [3.05, 3.63) is 53.2 Å². The zero-order chi connectivity index (χ0) is 17.2. The van der Waals surface area contributed by atoms with Gasteiger partial charge in [-0.2, -0.15) is 0 Å². The monoisotopic (exact) mass is 351 g/mol. The van der Waals surface area contributed by atoms with E-state index >= 15 is 0 Å². The molecule has 24 heavy (non-hydrogen) atoms. The number of pyridine rings is 1. The van der Waals surface area contributed by atoms with Gasteiger partial charge < -0.3 is 10.2 Å². The summed E-state index contributed by atoms with van der Waals surface area (Å²) >= 11 is 5.83. The Bertz CT molecular complexity index is 720. The first-order valence-electron chi connectivity index (χ1n) is 7.59. The number of rotatable bonds is 3. The lowest BCUT2D eigenvalue weighted by Gasteiger charge is -2.32. The average Bonchev–Trinajstić information content (AvgIpc) is 2.56. The minimum atomic E-state index is -2.81. The summed E-state index contributed by atoms with van der Waals surface area (Å²) in [4.78, 5) is 17.7. The van der Waals surface area contributed by atoms with Gasteiger partial charge in [0.05, 0.1) is 12.1 Å². The molecular formula is C17H16ClF2N3O. The summed E-state index contributed by atoms with van der Waals surface area (Å²) in [6, 6.07) is 10.3. The van der Waals surface area contributed by atoms with Crippen molar-refractivity contribution in [2.45, 2.75) is 18.8 Å². The number of likely N-dealkylation sites (tertiary alicyclic amines) is 1. The number of benzene rings is 1. The minimum Gasteiger partial charge on any atom is -0.340 e. The molecule has 1 amide bonds. The summed E-state index contributed by atoms with van der Waals surface area (Å²) in [5, 5.41) is 3.71. The fourth-order valence-corrected chi connectivity index (χ4v) is 2.72. The maximum Gasteiger partial charge on any atom is 0.265 e. The van der Waals surface area contributed by atoms with E-state index in [0.717, 1.165) is 5.69 Å². The van der Waals surface area contributed by atoms with Crippen LogP contribution < -0.4 is 5.32 Å². The first-order chi connectivity index (χ1) is 11.4. The lowest BCUT2D eigenvalue weighted by atomic mass is 10.1. The molecule has 2 aromatic rings. The number of hydrogen-bond donors (Lipinski definition) is 1. The zero-order valence-corrected chi connectivity index (χ0v) is 13.6. The van der Waals surface area contributed by atoms with Crippen LogP contribution in [-0.4, -0.2) is 34.8 Å². The summed E-state index contributed by atoms with van der Waals surface area (Å²) in [5.41, 5.74) is 1.11. The molecule has 3 rings (SSSR count). The molecule has 0 aliphatic carbocycles. The number of hydrogen-bond acceptors (Lipinski definition) is 3. The number of alkyl halides is 2. The highest BCUT2D eigenvalue weighted by Gasteiger charge is 2.37. The molecule has 0 saturated carbocycles. The van der Waals surface area contributed by atoms with Crippen LogP contribution in [0.1, 0.15) is 23.2 Å². The van der Waals surface area contributed by atoms with Gasteiger partial charge in [-0.3, -0.25) is 4.79 Å². The van der Waals surface area contributed by atoms with Gasteiger partial charge in [0.1, 0.15) is 5.82 Å². The number of halogens is 3. The Hall–Kier alpha value is -2.21. The highest BCUT2D eigenvalue weighted by molar-refractivity contribution is 6.30. The first kappa shape index (κ1) is 16.6. The predicted molar refractivity (Wildman–Crippen MR) is 89.1 cm³/mol. The van der Waals surface area contributed by atoms with E-state index in [0.29, 0.717) is 29.4 Å². The first-order valence-corrected chi connectivity index (χ1v) is 7.96. The standard InChI is InChI=1S/C17H16ClF2N3O/c18-13-3-5-14(6-4-13)22-15-7-2-12(10-21-15)16(24)23-9-1-8-17(19,20)11-23/h2-7,10H,1,8-9,11H2,(H,21,22). The molecule has 1 fully saturated rings. The van der Waals surface area contributed by atoms with Crippen molar-refractivity contribution in [3.8, 4) is 0 Å². The van der Waals surface area contributed by atoms with E-state index in [2.05, 4.69) is 10.3 Å². The summed E-state index contributed by atoms with van der Waals surface area (Å²) in [6.45, 7) is -0.185. The normalized spacial score (nSPS) is 16.7. The highest BCUT2D eigenvalue weighted by atomic mass is 35.5. The Morgan fingerprint density at radius 2 is 1.96 bits per heavy atom. The van der Waals surface area contributed by atoms with Crippen molar-refractivity contribution in [2.75, 3.05) is 18.4 Å². The van der Waals surface area contributed by atoms with Crippen LogP contribution >= 0.6 is 11.6 Å². The van der Waals surface area contributed by atoms with Gasteiger partial charge in [-0.15, -0.1) is 0 Å². The Balaban J connectivity index is 1.67. The van der Waals surface area contributed by atoms with Crippen molar-refractivity contribution in [1.82, 2.24) is 9.88 Å². The Morgan fingerprint density at radius 1 is 1.21 bits per heavy atom. The molecule has 1 N–H and O–H groups in total. The minimum absolute atomic E-state index is 0.168. The third-order valence-corrected chi connectivity index (χ3v) is 4.06. The van der Waals surface area contributed by atoms with Crippen LogP contribution in [0.3, 0.4) is 0 Å². The Morgan fingerprint density at radius 3 is 2.58 bits per heavy atom. The van der Waals surface area contributed by atoms with Crippen LogP contribution in [-0.2, 0) is 0 Å². The third-order valence-electron chi connectivity index (χ3n) is 3.81. The maximum absolute atomic E-state index is 13.4. The summed E-state index contributed by atoms with van der Waals surface area (Å²) in [5.74, 6) is -2.67. The van der Waals surface area contributed by atoms with E-state index in [-0.39, 0.29) is 6.42 Å². The van der Waals surface area contributed by atoms with Crippen molar-refractivity contribution >= 4 is 29.0 Å². The van der Waals surface area contributed by atoms with Gasteiger partial charge in [-0.1, -0.05) is 11.6 Å². The molecular weight excluding hydrogens is 336 g/mol. The average molecular weight is 352 g/mol. The number of nitrogens with zero attached hydrogens (tertiary/aromatic N) is 2. The van der Waals surface area contributed by atoms with Crippen LogP contribution in [0, 0.1) is 0 Å².